The van der Waals surface area contributed by atoms with Gasteiger partial charge in [0.2, 0.25) is 0 Å². The summed E-state index contributed by atoms with van der Waals surface area (Å²) in [6, 6.07) is 9.42. The van der Waals surface area contributed by atoms with E-state index in [9.17, 15) is 0 Å². The highest BCUT2D eigenvalue weighted by Gasteiger charge is 2.01. The molecule has 3 nitrogen and oxygen atoms in total. The zero-order valence-electron chi connectivity index (χ0n) is 6.90. The maximum atomic E-state index is 8.62. The van der Waals surface area contributed by atoms with Crippen molar-refractivity contribution >= 4 is 5.71 Å². The molecule has 0 heterocycles. The maximum Gasteiger partial charge on any atom is 0.112 e. The third-order valence-electron chi connectivity index (χ3n) is 1.51. The van der Waals surface area contributed by atoms with Crippen LogP contribution in [0, 0.1) is 0 Å². The normalized spacial score (nSPS) is 11.6. The number of benzene rings is 1. The van der Waals surface area contributed by atoms with Gasteiger partial charge in [-0.3, -0.25) is 0 Å². The first-order valence-electron chi connectivity index (χ1n) is 3.63. The van der Waals surface area contributed by atoms with Crippen molar-refractivity contribution in [3.05, 3.63) is 35.9 Å². The lowest BCUT2D eigenvalue weighted by Crippen LogP contribution is -2.08. The average molecular weight is 165 g/mol. The second-order valence-corrected chi connectivity index (χ2v) is 2.35. The minimum atomic E-state index is 0.320. The van der Waals surface area contributed by atoms with Crippen molar-refractivity contribution in [2.45, 2.75) is 0 Å². The molecule has 0 spiro atoms. The molecule has 0 fully saturated rings. The number of hydrogen-bond donors (Lipinski definition) is 1. The van der Waals surface area contributed by atoms with E-state index in [0.717, 1.165) is 5.56 Å². The fourth-order valence-corrected chi connectivity index (χ4v) is 0.937. The van der Waals surface area contributed by atoms with Crippen LogP contribution < -0.4 is 0 Å². The van der Waals surface area contributed by atoms with E-state index in [1.54, 1.807) is 7.11 Å². The van der Waals surface area contributed by atoms with Crippen LogP contribution in [0.4, 0.5) is 0 Å². The Labute approximate surface area is 71.3 Å². The Hall–Kier alpha value is -1.35. The molecule has 1 N–H and O–H groups in total. The molecule has 12 heavy (non-hydrogen) atoms. The van der Waals surface area contributed by atoms with Gasteiger partial charge in [-0.05, 0) is 0 Å². The fourth-order valence-electron chi connectivity index (χ4n) is 0.937. The monoisotopic (exact) mass is 165 g/mol. The zero-order chi connectivity index (χ0) is 8.81. The Kier molecular flexibility index (Phi) is 3.29. The largest absolute Gasteiger partial charge is 0.411 e. The second-order valence-electron chi connectivity index (χ2n) is 2.35. The van der Waals surface area contributed by atoms with Gasteiger partial charge < -0.3 is 9.94 Å². The van der Waals surface area contributed by atoms with Gasteiger partial charge in [-0.15, -0.1) is 0 Å². The Bertz CT molecular complexity index is 256. The van der Waals surface area contributed by atoms with Gasteiger partial charge in [-0.1, -0.05) is 35.5 Å². The fraction of sp³-hybridized carbons (Fsp3) is 0.222. The maximum absolute atomic E-state index is 8.62. The first kappa shape index (κ1) is 8.74. The molecule has 0 amide bonds. The van der Waals surface area contributed by atoms with Crippen molar-refractivity contribution in [1.29, 1.82) is 0 Å². The SMILES string of the molecule is COC/C(=N\O)c1ccccc1. The van der Waals surface area contributed by atoms with E-state index < -0.39 is 0 Å². The van der Waals surface area contributed by atoms with Crippen LogP contribution in [0.2, 0.25) is 0 Å². The number of hydrogen-bond acceptors (Lipinski definition) is 3. The van der Waals surface area contributed by atoms with Crippen LogP contribution in [0.15, 0.2) is 35.5 Å². The van der Waals surface area contributed by atoms with Gasteiger partial charge in [0.1, 0.15) is 5.71 Å². The minimum absolute atomic E-state index is 0.320. The van der Waals surface area contributed by atoms with Crippen LogP contribution in [0.5, 0.6) is 0 Å². The number of rotatable bonds is 3. The Balaban J connectivity index is 2.82. The van der Waals surface area contributed by atoms with Crippen molar-refractivity contribution in [2.75, 3.05) is 13.7 Å². The first-order valence-corrected chi connectivity index (χ1v) is 3.63. The van der Waals surface area contributed by atoms with E-state index >= 15 is 0 Å². The topological polar surface area (TPSA) is 41.8 Å². The van der Waals surface area contributed by atoms with E-state index in [2.05, 4.69) is 5.16 Å². The zero-order valence-corrected chi connectivity index (χ0v) is 6.90. The molecule has 0 aliphatic rings. The van der Waals surface area contributed by atoms with Crippen molar-refractivity contribution in [3.63, 3.8) is 0 Å². The minimum Gasteiger partial charge on any atom is -0.411 e. The van der Waals surface area contributed by atoms with Crippen molar-refractivity contribution in [2.24, 2.45) is 5.16 Å². The van der Waals surface area contributed by atoms with Gasteiger partial charge in [-0.25, -0.2) is 0 Å². The van der Waals surface area contributed by atoms with E-state index in [4.69, 9.17) is 9.94 Å². The predicted octanol–water partition coefficient (Wildman–Crippen LogP) is 1.51. The molecule has 0 aliphatic heterocycles. The lowest BCUT2D eigenvalue weighted by Gasteiger charge is -2.01. The lowest BCUT2D eigenvalue weighted by atomic mass is 10.1. The third kappa shape index (κ3) is 2.07. The van der Waals surface area contributed by atoms with E-state index in [1.165, 1.54) is 0 Å². The van der Waals surface area contributed by atoms with E-state index in [-0.39, 0.29) is 0 Å². The molecular weight excluding hydrogens is 154 g/mol. The van der Waals surface area contributed by atoms with Gasteiger partial charge in [-0.2, -0.15) is 0 Å². The van der Waals surface area contributed by atoms with E-state index in [1.807, 2.05) is 30.3 Å². The lowest BCUT2D eigenvalue weighted by molar-refractivity contribution is 0.238. The van der Waals surface area contributed by atoms with Gasteiger partial charge in [0.25, 0.3) is 0 Å². The molecule has 0 unspecified atom stereocenters. The molecule has 0 aromatic heterocycles. The average Bonchev–Trinajstić information content (AvgIpc) is 2.15. The number of nitrogens with zero attached hydrogens (tertiary/aromatic N) is 1. The summed E-state index contributed by atoms with van der Waals surface area (Å²) in [4.78, 5) is 0. The number of ether oxygens (including phenoxy) is 1. The van der Waals surface area contributed by atoms with Gasteiger partial charge >= 0.3 is 0 Å². The molecule has 0 aliphatic carbocycles. The van der Waals surface area contributed by atoms with Gasteiger partial charge in [0.15, 0.2) is 0 Å². The Morgan fingerprint density at radius 1 is 1.42 bits per heavy atom. The van der Waals surface area contributed by atoms with Crippen LogP contribution in [0.25, 0.3) is 0 Å². The number of oxime groups is 1. The Morgan fingerprint density at radius 2 is 2.08 bits per heavy atom. The molecule has 0 atom stereocenters. The quantitative estimate of drug-likeness (QED) is 0.419. The molecule has 0 saturated heterocycles. The summed E-state index contributed by atoms with van der Waals surface area (Å²) in [5, 5.41) is 11.8. The van der Waals surface area contributed by atoms with Crippen LogP contribution in [0.3, 0.4) is 0 Å². The molecule has 1 rings (SSSR count). The van der Waals surface area contributed by atoms with Crippen LogP contribution >= 0.6 is 0 Å². The summed E-state index contributed by atoms with van der Waals surface area (Å²) in [5.41, 5.74) is 1.42. The van der Waals surface area contributed by atoms with Crippen molar-refractivity contribution in [1.82, 2.24) is 0 Å². The van der Waals surface area contributed by atoms with Crippen molar-refractivity contribution in [3.8, 4) is 0 Å². The molecule has 0 bridgehead atoms. The molecule has 0 radical (unpaired) electrons. The van der Waals surface area contributed by atoms with Crippen molar-refractivity contribution < 1.29 is 9.94 Å². The summed E-state index contributed by atoms with van der Waals surface area (Å²) in [7, 11) is 1.56. The highest BCUT2D eigenvalue weighted by atomic mass is 16.5. The standard InChI is InChI=1S/C9H11NO2/c1-12-7-9(10-11)8-5-3-2-4-6-8/h2-6,11H,7H2,1H3/b10-9+. The second kappa shape index (κ2) is 4.51. The first-order chi connectivity index (χ1) is 5.88. The molecular formula is C9H11NO2. The Morgan fingerprint density at radius 3 is 2.58 bits per heavy atom. The summed E-state index contributed by atoms with van der Waals surface area (Å²) in [6.07, 6.45) is 0. The van der Waals surface area contributed by atoms with E-state index in [0.29, 0.717) is 12.3 Å². The van der Waals surface area contributed by atoms with Crippen LogP contribution in [-0.4, -0.2) is 24.6 Å². The molecule has 3 heteroatoms. The third-order valence-corrected chi connectivity index (χ3v) is 1.51. The van der Waals surface area contributed by atoms with Gasteiger partial charge in [0, 0.05) is 12.7 Å². The molecule has 0 saturated carbocycles. The predicted molar refractivity (Wildman–Crippen MR) is 46.6 cm³/mol. The summed E-state index contributed by atoms with van der Waals surface area (Å²) < 4.78 is 4.86. The smallest absolute Gasteiger partial charge is 0.112 e. The highest BCUT2D eigenvalue weighted by Crippen LogP contribution is 2.00. The highest BCUT2D eigenvalue weighted by molar-refractivity contribution is 6.01. The van der Waals surface area contributed by atoms with Crippen LogP contribution in [0.1, 0.15) is 5.56 Å². The molecule has 1 aromatic rings. The number of methoxy groups -OCH3 is 1. The summed E-state index contributed by atoms with van der Waals surface area (Å²) in [6.45, 7) is 0.320. The van der Waals surface area contributed by atoms with Gasteiger partial charge in [0.05, 0.1) is 6.61 Å². The molecule has 1 aromatic carbocycles. The summed E-state index contributed by atoms with van der Waals surface area (Å²) in [5.74, 6) is 0. The summed E-state index contributed by atoms with van der Waals surface area (Å²) >= 11 is 0. The molecule has 64 valence electrons. The van der Waals surface area contributed by atoms with Crippen LogP contribution in [-0.2, 0) is 4.74 Å².